The van der Waals surface area contributed by atoms with Crippen LogP contribution in [0.3, 0.4) is 0 Å². The molecule has 0 bridgehead atoms. The molecule has 0 aliphatic heterocycles. The van der Waals surface area contributed by atoms with Gasteiger partial charge in [-0.25, -0.2) is 4.79 Å². The zero-order valence-electron chi connectivity index (χ0n) is 11.1. The molecule has 20 heavy (non-hydrogen) atoms. The number of aryl methyl sites for hydroxylation is 1. The number of hydrogen-bond acceptors (Lipinski definition) is 1. The monoisotopic (exact) mass is 308 g/mol. The van der Waals surface area contributed by atoms with Gasteiger partial charge in [-0.3, -0.25) is 0 Å². The van der Waals surface area contributed by atoms with Gasteiger partial charge in [0.15, 0.2) is 0 Å². The van der Waals surface area contributed by atoms with Crippen molar-refractivity contribution in [3.63, 3.8) is 0 Å². The highest BCUT2D eigenvalue weighted by atomic mass is 35.5. The van der Waals surface area contributed by atoms with Gasteiger partial charge in [-0.15, -0.1) is 0 Å². The van der Waals surface area contributed by atoms with Crippen molar-refractivity contribution in [3.05, 3.63) is 57.6 Å². The standard InChI is InChI=1S/C15H14Cl2N2O/c1-9-4-3-5-13(10(9)2)18-15(20)19-14-8-11(16)6-7-12(14)17/h3-8H,1-2H3,(H2,18,19,20). The van der Waals surface area contributed by atoms with E-state index < -0.39 is 0 Å². The van der Waals surface area contributed by atoms with Gasteiger partial charge >= 0.3 is 6.03 Å². The number of anilines is 2. The highest BCUT2D eigenvalue weighted by Gasteiger charge is 2.08. The molecule has 0 atom stereocenters. The third-order valence-corrected chi connectivity index (χ3v) is 3.59. The maximum absolute atomic E-state index is 12.0. The van der Waals surface area contributed by atoms with Crippen LogP contribution in [0.1, 0.15) is 11.1 Å². The number of nitrogens with one attached hydrogen (secondary N) is 2. The number of halogens is 2. The first kappa shape index (κ1) is 14.7. The van der Waals surface area contributed by atoms with Crippen LogP contribution in [0.2, 0.25) is 10.0 Å². The molecule has 104 valence electrons. The van der Waals surface area contributed by atoms with E-state index in [1.165, 1.54) is 0 Å². The SMILES string of the molecule is Cc1cccc(NC(=O)Nc2cc(Cl)ccc2Cl)c1C. The van der Waals surface area contributed by atoms with Crippen LogP contribution in [0, 0.1) is 13.8 Å². The first-order valence-corrected chi connectivity index (χ1v) is 6.82. The molecule has 2 N–H and O–H groups in total. The first-order valence-electron chi connectivity index (χ1n) is 6.06. The van der Waals surface area contributed by atoms with Gasteiger partial charge in [0.05, 0.1) is 10.7 Å². The summed E-state index contributed by atoms with van der Waals surface area (Å²) < 4.78 is 0. The molecular formula is C15H14Cl2N2O. The average molecular weight is 309 g/mol. The second-order valence-corrected chi connectivity index (χ2v) is 5.29. The predicted molar refractivity (Wildman–Crippen MR) is 85.0 cm³/mol. The lowest BCUT2D eigenvalue weighted by atomic mass is 10.1. The molecule has 0 heterocycles. The highest BCUT2D eigenvalue weighted by Crippen LogP contribution is 2.26. The summed E-state index contributed by atoms with van der Waals surface area (Å²) in [6, 6.07) is 10.3. The molecule has 0 radical (unpaired) electrons. The third kappa shape index (κ3) is 3.44. The Labute approximate surface area is 127 Å². The summed E-state index contributed by atoms with van der Waals surface area (Å²) >= 11 is 11.9. The van der Waals surface area contributed by atoms with Crippen molar-refractivity contribution >= 4 is 40.6 Å². The molecule has 0 aromatic heterocycles. The van der Waals surface area contributed by atoms with Crippen LogP contribution in [-0.2, 0) is 0 Å². The molecule has 0 saturated heterocycles. The Morgan fingerprint density at radius 3 is 2.45 bits per heavy atom. The maximum atomic E-state index is 12.0. The Balaban J connectivity index is 2.13. The number of carbonyl (C=O) groups is 1. The lowest BCUT2D eigenvalue weighted by molar-refractivity contribution is 0.262. The molecule has 0 spiro atoms. The van der Waals surface area contributed by atoms with Crippen LogP contribution in [0.4, 0.5) is 16.2 Å². The number of hydrogen-bond donors (Lipinski definition) is 2. The van der Waals surface area contributed by atoms with E-state index in [2.05, 4.69) is 10.6 Å². The summed E-state index contributed by atoms with van der Waals surface area (Å²) in [6.45, 7) is 3.95. The van der Waals surface area contributed by atoms with Crippen molar-refractivity contribution in [2.24, 2.45) is 0 Å². The van der Waals surface area contributed by atoms with Crippen molar-refractivity contribution < 1.29 is 4.79 Å². The van der Waals surface area contributed by atoms with E-state index in [4.69, 9.17) is 23.2 Å². The van der Waals surface area contributed by atoms with Gasteiger partial charge in [-0.05, 0) is 49.2 Å². The van der Waals surface area contributed by atoms with Gasteiger partial charge in [-0.1, -0.05) is 35.3 Å². The average Bonchev–Trinajstić information content (AvgIpc) is 2.39. The van der Waals surface area contributed by atoms with E-state index in [-0.39, 0.29) is 6.03 Å². The molecule has 2 aromatic rings. The van der Waals surface area contributed by atoms with Crippen LogP contribution >= 0.6 is 23.2 Å². The van der Waals surface area contributed by atoms with Gasteiger partial charge < -0.3 is 10.6 Å². The quantitative estimate of drug-likeness (QED) is 0.781. The van der Waals surface area contributed by atoms with E-state index >= 15 is 0 Å². The molecule has 0 fully saturated rings. The Morgan fingerprint density at radius 1 is 1.00 bits per heavy atom. The van der Waals surface area contributed by atoms with E-state index in [1.54, 1.807) is 18.2 Å². The largest absolute Gasteiger partial charge is 0.323 e. The fourth-order valence-electron chi connectivity index (χ4n) is 1.76. The lowest BCUT2D eigenvalue weighted by Crippen LogP contribution is -2.20. The van der Waals surface area contributed by atoms with Gasteiger partial charge in [0, 0.05) is 10.7 Å². The minimum Gasteiger partial charge on any atom is -0.307 e. The number of benzene rings is 2. The molecule has 0 aliphatic carbocycles. The van der Waals surface area contributed by atoms with Crippen molar-refractivity contribution in [2.75, 3.05) is 10.6 Å². The summed E-state index contributed by atoms with van der Waals surface area (Å²) in [6.07, 6.45) is 0. The molecule has 0 saturated carbocycles. The second kappa shape index (κ2) is 6.16. The second-order valence-electron chi connectivity index (χ2n) is 4.45. The van der Waals surface area contributed by atoms with E-state index in [0.717, 1.165) is 16.8 Å². The van der Waals surface area contributed by atoms with Crippen LogP contribution in [-0.4, -0.2) is 6.03 Å². The van der Waals surface area contributed by atoms with Gasteiger partial charge in [0.1, 0.15) is 0 Å². The van der Waals surface area contributed by atoms with Crippen molar-refractivity contribution in [3.8, 4) is 0 Å². The Kier molecular flexibility index (Phi) is 4.53. The number of amides is 2. The summed E-state index contributed by atoms with van der Waals surface area (Å²) in [5, 5.41) is 6.42. The van der Waals surface area contributed by atoms with Gasteiger partial charge in [-0.2, -0.15) is 0 Å². The predicted octanol–water partition coefficient (Wildman–Crippen LogP) is 5.25. The topological polar surface area (TPSA) is 41.1 Å². The van der Waals surface area contributed by atoms with Crippen LogP contribution in [0.15, 0.2) is 36.4 Å². The zero-order chi connectivity index (χ0) is 14.7. The third-order valence-electron chi connectivity index (χ3n) is 3.03. The lowest BCUT2D eigenvalue weighted by Gasteiger charge is -2.12. The molecule has 2 amide bonds. The van der Waals surface area contributed by atoms with E-state index in [9.17, 15) is 4.79 Å². The highest BCUT2D eigenvalue weighted by molar-refractivity contribution is 6.35. The van der Waals surface area contributed by atoms with Crippen LogP contribution < -0.4 is 10.6 Å². The minimum atomic E-state index is -0.358. The molecule has 2 aromatic carbocycles. The Morgan fingerprint density at radius 2 is 1.70 bits per heavy atom. The molecule has 0 unspecified atom stereocenters. The van der Waals surface area contributed by atoms with Gasteiger partial charge in [0.25, 0.3) is 0 Å². The summed E-state index contributed by atoms with van der Waals surface area (Å²) in [7, 11) is 0. The molecule has 3 nitrogen and oxygen atoms in total. The normalized spacial score (nSPS) is 10.2. The zero-order valence-corrected chi connectivity index (χ0v) is 12.6. The number of rotatable bonds is 2. The van der Waals surface area contributed by atoms with E-state index in [1.807, 2.05) is 32.0 Å². The number of carbonyl (C=O) groups excluding carboxylic acids is 1. The fourth-order valence-corrected chi connectivity index (χ4v) is 2.09. The minimum absolute atomic E-state index is 0.358. The van der Waals surface area contributed by atoms with Gasteiger partial charge in [0.2, 0.25) is 0 Å². The fraction of sp³-hybridized carbons (Fsp3) is 0.133. The maximum Gasteiger partial charge on any atom is 0.323 e. The van der Waals surface area contributed by atoms with Crippen molar-refractivity contribution in [1.29, 1.82) is 0 Å². The summed E-state index contributed by atoms with van der Waals surface area (Å²) in [5.74, 6) is 0. The Hall–Kier alpha value is -1.71. The summed E-state index contributed by atoms with van der Waals surface area (Å²) in [4.78, 5) is 12.0. The Bertz CT molecular complexity index is 650. The molecule has 2 rings (SSSR count). The molecule has 5 heteroatoms. The number of urea groups is 1. The smallest absolute Gasteiger partial charge is 0.307 e. The first-order chi connectivity index (χ1) is 9.47. The van der Waals surface area contributed by atoms with E-state index in [0.29, 0.717) is 15.7 Å². The molecule has 0 aliphatic rings. The van der Waals surface area contributed by atoms with Crippen LogP contribution in [0.5, 0.6) is 0 Å². The van der Waals surface area contributed by atoms with Crippen molar-refractivity contribution in [2.45, 2.75) is 13.8 Å². The molecular weight excluding hydrogens is 295 g/mol. The summed E-state index contributed by atoms with van der Waals surface area (Å²) in [5.41, 5.74) is 3.38. The van der Waals surface area contributed by atoms with Crippen LogP contribution in [0.25, 0.3) is 0 Å². The van der Waals surface area contributed by atoms with Crippen molar-refractivity contribution in [1.82, 2.24) is 0 Å².